The summed E-state index contributed by atoms with van der Waals surface area (Å²) < 4.78 is 0. The van der Waals surface area contributed by atoms with Gasteiger partial charge in [-0.15, -0.1) is 0 Å². The first-order valence-corrected chi connectivity index (χ1v) is 16.7. The zero-order valence-electron chi connectivity index (χ0n) is 27.4. The van der Waals surface area contributed by atoms with Crippen LogP contribution >= 0.6 is 0 Å². The third-order valence-electron chi connectivity index (χ3n) is 10.8. The fourth-order valence-electron chi connectivity index (χ4n) is 8.28. The Labute approximate surface area is 277 Å². The SMILES string of the molecule is Cc1ccc(-c2c3ccccc3c(-c3cccc4c3-c3ccccc3C4(C)C)c3cc(-c4cccc5ccccc45)ccc23)cc1C. The highest BCUT2D eigenvalue weighted by molar-refractivity contribution is 6.23. The number of aryl methyl sites for hydroxylation is 2. The van der Waals surface area contributed by atoms with E-state index in [0.29, 0.717) is 0 Å². The molecule has 1 aliphatic rings. The van der Waals surface area contributed by atoms with Gasteiger partial charge in [0.05, 0.1) is 0 Å². The predicted molar refractivity (Wildman–Crippen MR) is 202 cm³/mol. The first-order chi connectivity index (χ1) is 22.9. The molecule has 0 aliphatic heterocycles. The molecule has 224 valence electrons. The van der Waals surface area contributed by atoms with E-state index in [1.807, 2.05) is 0 Å². The lowest BCUT2D eigenvalue weighted by Crippen LogP contribution is -2.14. The summed E-state index contributed by atoms with van der Waals surface area (Å²) in [6.45, 7) is 9.17. The molecule has 0 spiro atoms. The molecule has 0 saturated heterocycles. The largest absolute Gasteiger partial charge is 0.0619 e. The first-order valence-electron chi connectivity index (χ1n) is 16.7. The van der Waals surface area contributed by atoms with Crippen LogP contribution in [0.25, 0.3) is 76.8 Å². The van der Waals surface area contributed by atoms with Crippen LogP contribution in [0.15, 0.2) is 146 Å². The van der Waals surface area contributed by atoms with Gasteiger partial charge in [-0.3, -0.25) is 0 Å². The molecule has 9 rings (SSSR count). The monoisotopic (exact) mass is 600 g/mol. The maximum atomic E-state index is 2.47. The van der Waals surface area contributed by atoms with Crippen LogP contribution in [-0.4, -0.2) is 0 Å². The van der Waals surface area contributed by atoms with Crippen LogP contribution in [-0.2, 0) is 5.41 Å². The summed E-state index contributed by atoms with van der Waals surface area (Å²) in [5.41, 5.74) is 15.8. The van der Waals surface area contributed by atoms with Crippen molar-refractivity contribution in [1.82, 2.24) is 0 Å². The lowest BCUT2D eigenvalue weighted by atomic mass is 9.80. The van der Waals surface area contributed by atoms with Crippen molar-refractivity contribution in [1.29, 1.82) is 0 Å². The van der Waals surface area contributed by atoms with Crippen molar-refractivity contribution in [2.45, 2.75) is 33.1 Å². The quantitative estimate of drug-likeness (QED) is 0.177. The van der Waals surface area contributed by atoms with E-state index in [4.69, 9.17) is 0 Å². The van der Waals surface area contributed by atoms with Crippen LogP contribution in [0, 0.1) is 13.8 Å². The Kier molecular flexibility index (Phi) is 6.08. The van der Waals surface area contributed by atoms with Gasteiger partial charge in [-0.05, 0) is 119 Å². The fourth-order valence-corrected chi connectivity index (χ4v) is 8.28. The van der Waals surface area contributed by atoms with Gasteiger partial charge in [0, 0.05) is 5.41 Å². The van der Waals surface area contributed by atoms with Gasteiger partial charge in [0.2, 0.25) is 0 Å². The lowest BCUT2D eigenvalue weighted by Gasteiger charge is -2.23. The maximum Gasteiger partial charge on any atom is 0.0159 e. The summed E-state index contributed by atoms with van der Waals surface area (Å²) in [7, 11) is 0. The van der Waals surface area contributed by atoms with Crippen LogP contribution in [0.2, 0.25) is 0 Å². The van der Waals surface area contributed by atoms with E-state index in [0.717, 1.165) is 0 Å². The molecule has 0 saturated carbocycles. The Balaban J connectivity index is 1.46. The molecule has 0 radical (unpaired) electrons. The minimum absolute atomic E-state index is 0.0684. The maximum absolute atomic E-state index is 2.47. The van der Waals surface area contributed by atoms with Crippen LogP contribution in [0.1, 0.15) is 36.1 Å². The molecule has 0 bridgehead atoms. The van der Waals surface area contributed by atoms with E-state index in [-0.39, 0.29) is 5.41 Å². The van der Waals surface area contributed by atoms with Crippen LogP contribution < -0.4 is 0 Å². The number of rotatable bonds is 3. The van der Waals surface area contributed by atoms with Crippen LogP contribution in [0.3, 0.4) is 0 Å². The highest BCUT2D eigenvalue weighted by atomic mass is 14.4. The predicted octanol–water partition coefficient (Wildman–Crippen LogP) is 13.1. The Morgan fingerprint density at radius 3 is 1.79 bits per heavy atom. The normalized spacial score (nSPS) is 13.3. The second kappa shape index (κ2) is 10.3. The highest BCUT2D eigenvalue weighted by Crippen LogP contribution is 2.54. The molecule has 0 amide bonds. The van der Waals surface area contributed by atoms with Gasteiger partial charge in [-0.25, -0.2) is 0 Å². The van der Waals surface area contributed by atoms with E-state index in [9.17, 15) is 0 Å². The van der Waals surface area contributed by atoms with E-state index < -0.39 is 0 Å². The molecular weight excluding hydrogens is 565 g/mol. The molecule has 0 nitrogen and oxygen atoms in total. The molecular formula is C47H36. The van der Waals surface area contributed by atoms with Gasteiger partial charge in [-0.2, -0.15) is 0 Å². The third kappa shape index (κ3) is 4.08. The van der Waals surface area contributed by atoms with E-state index in [2.05, 4.69) is 173 Å². The number of hydrogen-bond acceptors (Lipinski definition) is 0. The van der Waals surface area contributed by atoms with Crippen molar-refractivity contribution in [3.8, 4) is 44.5 Å². The van der Waals surface area contributed by atoms with Gasteiger partial charge in [0.25, 0.3) is 0 Å². The molecule has 47 heavy (non-hydrogen) atoms. The average Bonchev–Trinajstić information content (AvgIpc) is 3.34. The second-order valence-electron chi connectivity index (χ2n) is 13.8. The molecule has 0 atom stereocenters. The molecule has 1 aliphatic carbocycles. The average molecular weight is 601 g/mol. The third-order valence-corrected chi connectivity index (χ3v) is 10.8. The molecule has 8 aromatic rings. The molecule has 0 heterocycles. The Morgan fingerprint density at radius 2 is 0.957 bits per heavy atom. The van der Waals surface area contributed by atoms with Crippen molar-refractivity contribution < 1.29 is 0 Å². The summed E-state index contributed by atoms with van der Waals surface area (Å²) >= 11 is 0. The number of fused-ring (bicyclic) bond motifs is 6. The van der Waals surface area contributed by atoms with E-state index >= 15 is 0 Å². The Bertz CT molecular complexity index is 2560. The van der Waals surface area contributed by atoms with Gasteiger partial charge in [0.15, 0.2) is 0 Å². The molecule has 0 aromatic heterocycles. The van der Waals surface area contributed by atoms with Crippen molar-refractivity contribution in [2.24, 2.45) is 0 Å². The molecule has 8 aromatic carbocycles. The van der Waals surface area contributed by atoms with Gasteiger partial charge < -0.3 is 0 Å². The Hall–Kier alpha value is -5.46. The first kappa shape index (κ1) is 27.8. The van der Waals surface area contributed by atoms with Crippen molar-refractivity contribution in [3.05, 3.63) is 168 Å². The molecule has 0 fully saturated rings. The van der Waals surface area contributed by atoms with Gasteiger partial charge in [-0.1, -0.05) is 153 Å². The summed E-state index contributed by atoms with van der Waals surface area (Å²) in [5.74, 6) is 0. The molecule has 0 unspecified atom stereocenters. The van der Waals surface area contributed by atoms with E-state index in [1.165, 1.54) is 99.1 Å². The zero-order chi connectivity index (χ0) is 31.9. The fraction of sp³-hybridized carbons (Fsp3) is 0.106. The second-order valence-corrected chi connectivity index (χ2v) is 13.8. The smallest absolute Gasteiger partial charge is 0.0159 e. The standard InChI is InChI=1S/C47H36/c1-29-23-24-33(27-30(29)2)44-36-16-7-8-17-37(36)45(40-20-12-22-43-46(40)39-18-9-10-21-42(39)47(43,3)4)41-28-32(25-26-38(41)44)35-19-11-14-31-13-5-6-15-34(31)35/h5-28H,1-4H3. The highest BCUT2D eigenvalue weighted by Gasteiger charge is 2.37. The van der Waals surface area contributed by atoms with E-state index in [1.54, 1.807) is 0 Å². The summed E-state index contributed by atoms with van der Waals surface area (Å²) in [6, 6.07) is 54.6. The Morgan fingerprint density at radius 1 is 0.362 bits per heavy atom. The number of hydrogen-bond donors (Lipinski definition) is 0. The number of benzene rings is 8. The summed E-state index contributed by atoms with van der Waals surface area (Å²) in [6.07, 6.45) is 0. The minimum atomic E-state index is -0.0684. The van der Waals surface area contributed by atoms with Crippen LogP contribution in [0.5, 0.6) is 0 Å². The lowest BCUT2D eigenvalue weighted by molar-refractivity contribution is 0.660. The van der Waals surface area contributed by atoms with Gasteiger partial charge in [0.1, 0.15) is 0 Å². The molecule has 0 heteroatoms. The zero-order valence-corrected chi connectivity index (χ0v) is 27.4. The van der Waals surface area contributed by atoms with Crippen molar-refractivity contribution in [3.63, 3.8) is 0 Å². The summed E-state index contributed by atoms with van der Waals surface area (Å²) in [5, 5.41) is 7.70. The summed E-state index contributed by atoms with van der Waals surface area (Å²) in [4.78, 5) is 0. The van der Waals surface area contributed by atoms with Gasteiger partial charge >= 0.3 is 0 Å². The van der Waals surface area contributed by atoms with Crippen LogP contribution in [0.4, 0.5) is 0 Å². The molecule has 0 N–H and O–H groups in total. The minimum Gasteiger partial charge on any atom is -0.0619 e. The topological polar surface area (TPSA) is 0 Å². The van der Waals surface area contributed by atoms with Crippen molar-refractivity contribution in [2.75, 3.05) is 0 Å². The van der Waals surface area contributed by atoms with Crippen molar-refractivity contribution >= 4 is 32.3 Å².